The van der Waals surface area contributed by atoms with Crippen LogP contribution in [-0.2, 0) is 20.8 Å². The molecular formula is C20H24FNO3S. The highest BCUT2D eigenvalue weighted by Crippen LogP contribution is 2.34. The Kier molecular flexibility index (Phi) is 6.06. The highest BCUT2D eigenvalue weighted by atomic mass is 32.2. The van der Waals surface area contributed by atoms with E-state index in [1.54, 1.807) is 12.1 Å². The van der Waals surface area contributed by atoms with Crippen molar-refractivity contribution in [2.45, 2.75) is 18.9 Å². The molecule has 1 fully saturated rings. The van der Waals surface area contributed by atoms with Crippen LogP contribution >= 0.6 is 0 Å². The van der Waals surface area contributed by atoms with Crippen LogP contribution in [-0.4, -0.2) is 39.3 Å². The van der Waals surface area contributed by atoms with Crippen LogP contribution in [0, 0.1) is 11.7 Å². The van der Waals surface area contributed by atoms with Gasteiger partial charge in [0.1, 0.15) is 5.82 Å². The van der Waals surface area contributed by atoms with Crippen molar-refractivity contribution < 1.29 is 17.0 Å². The molecule has 0 N–H and O–H groups in total. The van der Waals surface area contributed by atoms with Crippen molar-refractivity contribution in [3.8, 4) is 0 Å². The van der Waals surface area contributed by atoms with Gasteiger partial charge in [0.2, 0.25) is 0 Å². The van der Waals surface area contributed by atoms with Crippen molar-refractivity contribution in [3.63, 3.8) is 0 Å². The summed E-state index contributed by atoms with van der Waals surface area (Å²) < 4.78 is 41.3. The zero-order valence-electron chi connectivity index (χ0n) is 14.8. The topological polar surface area (TPSA) is 46.6 Å². The first-order chi connectivity index (χ1) is 12.4. The summed E-state index contributed by atoms with van der Waals surface area (Å²) in [5, 5.41) is 0. The van der Waals surface area contributed by atoms with Gasteiger partial charge in [0.05, 0.1) is 12.9 Å². The van der Waals surface area contributed by atoms with E-state index >= 15 is 0 Å². The quantitative estimate of drug-likeness (QED) is 0.724. The van der Waals surface area contributed by atoms with Crippen LogP contribution in [0.15, 0.2) is 54.6 Å². The van der Waals surface area contributed by atoms with Gasteiger partial charge in [-0.3, -0.25) is 9.08 Å². The first-order valence-corrected chi connectivity index (χ1v) is 10.6. The first-order valence-electron chi connectivity index (χ1n) is 8.77. The zero-order valence-corrected chi connectivity index (χ0v) is 15.7. The lowest BCUT2D eigenvalue weighted by molar-refractivity contribution is 0.109. The Morgan fingerprint density at radius 3 is 2.46 bits per heavy atom. The van der Waals surface area contributed by atoms with E-state index in [0.29, 0.717) is 0 Å². The van der Waals surface area contributed by atoms with Gasteiger partial charge in [-0.05, 0) is 42.1 Å². The highest BCUT2D eigenvalue weighted by Gasteiger charge is 2.31. The fraction of sp³-hybridized carbons (Fsp3) is 0.400. The molecule has 0 radical (unpaired) electrons. The molecular weight excluding hydrogens is 353 g/mol. The molecule has 0 bridgehead atoms. The summed E-state index contributed by atoms with van der Waals surface area (Å²) in [5.41, 5.74) is 2.27. The van der Waals surface area contributed by atoms with Gasteiger partial charge >= 0.3 is 0 Å². The van der Waals surface area contributed by atoms with Gasteiger partial charge < -0.3 is 0 Å². The monoisotopic (exact) mass is 377 g/mol. The number of rotatable bonds is 6. The third-order valence-corrected chi connectivity index (χ3v) is 5.43. The maximum absolute atomic E-state index is 13.2. The molecule has 26 heavy (non-hydrogen) atoms. The second-order valence-corrected chi connectivity index (χ2v) is 8.56. The molecule has 140 valence electrons. The molecule has 0 amide bonds. The largest absolute Gasteiger partial charge is 0.299 e. The molecule has 0 aliphatic carbocycles. The van der Waals surface area contributed by atoms with Gasteiger partial charge in [-0.2, -0.15) is 8.42 Å². The van der Waals surface area contributed by atoms with Gasteiger partial charge in [0.25, 0.3) is 10.1 Å². The summed E-state index contributed by atoms with van der Waals surface area (Å²) in [6.07, 6.45) is 1.96. The molecule has 1 aliphatic rings. The summed E-state index contributed by atoms with van der Waals surface area (Å²) in [6, 6.07) is 16.7. The Morgan fingerprint density at radius 1 is 1.12 bits per heavy atom. The fourth-order valence-electron chi connectivity index (χ4n) is 3.62. The van der Waals surface area contributed by atoms with E-state index < -0.39 is 10.1 Å². The number of benzene rings is 2. The van der Waals surface area contributed by atoms with Gasteiger partial charge in [-0.1, -0.05) is 42.5 Å². The lowest BCUT2D eigenvalue weighted by Gasteiger charge is -2.38. The minimum absolute atomic E-state index is 0.0349. The van der Waals surface area contributed by atoms with Crippen molar-refractivity contribution in [1.82, 2.24) is 4.90 Å². The van der Waals surface area contributed by atoms with Crippen molar-refractivity contribution in [2.75, 3.05) is 26.0 Å². The molecule has 2 aromatic rings. The third-order valence-electron chi connectivity index (χ3n) is 4.86. The minimum atomic E-state index is -3.49. The van der Waals surface area contributed by atoms with Crippen LogP contribution in [0.2, 0.25) is 0 Å². The lowest BCUT2D eigenvalue weighted by atomic mass is 9.81. The Balaban J connectivity index is 1.74. The number of hydrogen-bond donors (Lipinski definition) is 0. The smallest absolute Gasteiger partial charge is 0.264 e. The predicted octanol–water partition coefficient (Wildman–Crippen LogP) is 3.41. The lowest BCUT2D eigenvalue weighted by Crippen LogP contribution is -2.41. The van der Waals surface area contributed by atoms with Gasteiger partial charge in [-0.25, -0.2) is 4.39 Å². The molecule has 2 atom stereocenters. The van der Waals surface area contributed by atoms with E-state index in [1.165, 1.54) is 17.7 Å². The summed E-state index contributed by atoms with van der Waals surface area (Å²) in [5.74, 6) is -0.0729. The van der Waals surface area contributed by atoms with Crippen molar-refractivity contribution in [1.29, 1.82) is 0 Å². The van der Waals surface area contributed by atoms with E-state index in [-0.39, 0.29) is 24.3 Å². The molecule has 4 nitrogen and oxygen atoms in total. The van der Waals surface area contributed by atoms with E-state index in [2.05, 4.69) is 17.0 Å². The Hall–Kier alpha value is -1.76. The highest BCUT2D eigenvalue weighted by molar-refractivity contribution is 7.85. The molecule has 1 aliphatic heterocycles. The summed E-state index contributed by atoms with van der Waals surface area (Å²) in [6.45, 7) is 2.62. The van der Waals surface area contributed by atoms with Crippen LogP contribution in [0.25, 0.3) is 0 Å². The summed E-state index contributed by atoms with van der Waals surface area (Å²) >= 11 is 0. The van der Waals surface area contributed by atoms with Crippen LogP contribution < -0.4 is 0 Å². The summed E-state index contributed by atoms with van der Waals surface area (Å²) in [4.78, 5) is 2.33. The van der Waals surface area contributed by atoms with E-state index in [0.717, 1.165) is 37.9 Å². The molecule has 1 heterocycles. The molecule has 3 rings (SSSR count). The SMILES string of the molecule is CS(=O)(=O)OC[C@H]1CN(Cc2ccccc2)CC[C@@H]1c1ccc(F)cc1. The number of likely N-dealkylation sites (tertiary alicyclic amines) is 1. The molecule has 0 saturated carbocycles. The number of nitrogens with zero attached hydrogens (tertiary/aromatic N) is 1. The minimum Gasteiger partial charge on any atom is -0.299 e. The standard InChI is InChI=1S/C20H24FNO3S/c1-26(23,24)25-15-18-14-22(13-16-5-3-2-4-6-16)12-11-20(18)17-7-9-19(21)10-8-17/h2-10,18,20H,11-15H2,1H3/t18-,20-/m1/s1. The normalized spacial score (nSPS) is 21.6. The summed E-state index contributed by atoms with van der Waals surface area (Å²) in [7, 11) is -3.49. The Bertz CT molecular complexity index is 809. The Labute approximate surface area is 154 Å². The molecule has 0 aromatic heterocycles. The van der Waals surface area contributed by atoms with E-state index in [9.17, 15) is 12.8 Å². The van der Waals surface area contributed by atoms with Crippen molar-refractivity contribution in [2.24, 2.45) is 5.92 Å². The molecule has 6 heteroatoms. The first kappa shape index (κ1) is 19.0. The number of hydrogen-bond acceptors (Lipinski definition) is 4. The molecule has 2 aromatic carbocycles. The molecule has 0 unspecified atom stereocenters. The van der Waals surface area contributed by atoms with Gasteiger partial charge in [-0.15, -0.1) is 0 Å². The third kappa shape index (κ3) is 5.37. The zero-order chi connectivity index (χ0) is 18.6. The van der Waals surface area contributed by atoms with Crippen molar-refractivity contribution in [3.05, 3.63) is 71.5 Å². The number of halogens is 1. The van der Waals surface area contributed by atoms with E-state index in [4.69, 9.17) is 4.18 Å². The number of piperidine rings is 1. The molecule has 0 spiro atoms. The average molecular weight is 377 g/mol. The Morgan fingerprint density at radius 2 is 1.81 bits per heavy atom. The average Bonchev–Trinajstić information content (AvgIpc) is 2.61. The maximum atomic E-state index is 13.2. The van der Waals surface area contributed by atoms with Crippen LogP contribution in [0.4, 0.5) is 4.39 Å². The van der Waals surface area contributed by atoms with Crippen molar-refractivity contribution >= 4 is 10.1 Å². The predicted molar refractivity (Wildman–Crippen MR) is 99.8 cm³/mol. The second-order valence-electron chi connectivity index (χ2n) is 6.92. The second kappa shape index (κ2) is 8.29. The van der Waals surface area contributed by atoms with Crippen LogP contribution in [0.5, 0.6) is 0 Å². The van der Waals surface area contributed by atoms with Gasteiger partial charge in [0, 0.05) is 19.0 Å². The van der Waals surface area contributed by atoms with Crippen LogP contribution in [0.3, 0.4) is 0 Å². The van der Waals surface area contributed by atoms with Crippen LogP contribution in [0.1, 0.15) is 23.5 Å². The fourth-order valence-corrected chi connectivity index (χ4v) is 4.04. The maximum Gasteiger partial charge on any atom is 0.264 e. The van der Waals surface area contributed by atoms with Gasteiger partial charge in [0.15, 0.2) is 0 Å². The molecule has 1 saturated heterocycles. The van der Waals surface area contributed by atoms with E-state index in [1.807, 2.05) is 18.2 Å².